The summed E-state index contributed by atoms with van der Waals surface area (Å²) < 4.78 is 7.57. The van der Waals surface area contributed by atoms with E-state index >= 15 is 0 Å². The molecule has 8 heteroatoms. The summed E-state index contributed by atoms with van der Waals surface area (Å²) in [5.74, 6) is -0.415. The molecule has 0 amide bonds. The van der Waals surface area contributed by atoms with Crippen LogP contribution in [0.3, 0.4) is 0 Å². The molecule has 0 aliphatic heterocycles. The standard InChI is InChI=1S/C20H25N5O3/c1-14-4-5-18-16(12-14)19(22-17-13-21-7-6-15(17)20(26)27)23-25(18)9-11-28-10-8-24(2)3/h4-7,12-13H,8-11H2,1-3H3,(H,22,23)(H,26,27). The first-order chi connectivity index (χ1) is 13.5. The molecule has 28 heavy (non-hydrogen) atoms. The fourth-order valence-corrected chi connectivity index (χ4v) is 2.86. The van der Waals surface area contributed by atoms with Crippen LogP contribution in [-0.2, 0) is 11.3 Å². The first-order valence-corrected chi connectivity index (χ1v) is 9.09. The van der Waals surface area contributed by atoms with E-state index in [9.17, 15) is 9.90 Å². The first kappa shape index (κ1) is 19.8. The zero-order valence-electron chi connectivity index (χ0n) is 16.3. The number of rotatable bonds is 9. The molecule has 148 valence electrons. The number of carboxylic acid groups (broad SMARTS) is 1. The Bertz CT molecular complexity index is 968. The van der Waals surface area contributed by atoms with Crippen molar-refractivity contribution in [1.82, 2.24) is 19.7 Å². The fourth-order valence-electron chi connectivity index (χ4n) is 2.86. The lowest BCUT2D eigenvalue weighted by Crippen LogP contribution is -2.19. The zero-order valence-corrected chi connectivity index (χ0v) is 16.3. The molecule has 0 aliphatic carbocycles. The van der Waals surface area contributed by atoms with Crippen LogP contribution in [0.5, 0.6) is 0 Å². The average molecular weight is 383 g/mol. The van der Waals surface area contributed by atoms with Gasteiger partial charge in [0.2, 0.25) is 0 Å². The number of benzene rings is 1. The molecule has 8 nitrogen and oxygen atoms in total. The number of aromatic carboxylic acids is 1. The van der Waals surface area contributed by atoms with Crippen LogP contribution in [0.15, 0.2) is 36.7 Å². The summed E-state index contributed by atoms with van der Waals surface area (Å²) in [6.07, 6.45) is 2.95. The minimum atomic E-state index is -1.01. The molecule has 0 atom stereocenters. The van der Waals surface area contributed by atoms with Gasteiger partial charge in [0.15, 0.2) is 5.82 Å². The lowest BCUT2D eigenvalue weighted by atomic mass is 10.1. The molecule has 0 fully saturated rings. The highest BCUT2D eigenvalue weighted by Crippen LogP contribution is 2.28. The number of aryl methyl sites for hydroxylation is 1. The lowest BCUT2D eigenvalue weighted by Gasteiger charge is -2.10. The zero-order chi connectivity index (χ0) is 20.1. The average Bonchev–Trinajstić information content (AvgIpc) is 2.98. The van der Waals surface area contributed by atoms with Gasteiger partial charge in [0, 0.05) is 18.1 Å². The van der Waals surface area contributed by atoms with Crippen LogP contribution in [0.2, 0.25) is 0 Å². The van der Waals surface area contributed by atoms with Gasteiger partial charge in [-0.05, 0) is 39.2 Å². The number of ether oxygens (including phenoxy) is 1. The van der Waals surface area contributed by atoms with Crippen molar-refractivity contribution in [2.45, 2.75) is 13.5 Å². The van der Waals surface area contributed by atoms with Crippen molar-refractivity contribution < 1.29 is 14.6 Å². The molecule has 2 aromatic heterocycles. The Balaban J connectivity index is 1.85. The quantitative estimate of drug-likeness (QED) is 0.549. The van der Waals surface area contributed by atoms with Crippen LogP contribution in [0.4, 0.5) is 11.5 Å². The van der Waals surface area contributed by atoms with Gasteiger partial charge < -0.3 is 20.1 Å². The van der Waals surface area contributed by atoms with Gasteiger partial charge in [0.05, 0.1) is 42.7 Å². The van der Waals surface area contributed by atoms with Crippen molar-refractivity contribution in [2.75, 3.05) is 39.2 Å². The van der Waals surface area contributed by atoms with Crippen molar-refractivity contribution in [2.24, 2.45) is 0 Å². The minimum absolute atomic E-state index is 0.150. The van der Waals surface area contributed by atoms with Crippen LogP contribution in [0, 0.1) is 6.92 Å². The molecule has 3 aromatic rings. The summed E-state index contributed by atoms with van der Waals surface area (Å²) in [6.45, 7) is 4.69. The number of carbonyl (C=O) groups is 1. The number of nitrogens with zero attached hydrogens (tertiary/aromatic N) is 4. The number of pyridine rings is 1. The molecule has 2 N–H and O–H groups in total. The maximum absolute atomic E-state index is 11.5. The highest BCUT2D eigenvalue weighted by atomic mass is 16.5. The lowest BCUT2D eigenvalue weighted by molar-refractivity contribution is 0.0698. The number of hydrogen-bond acceptors (Lipinski definition) is 6. The van der Waals surface area contributed by atoms with Crippen molar-refractivity contribution in [3.63, 3.8) is 0 Å². The third kappa shape index (κ3) is 4.65. The predicted molar refractivity (Wildman–Crippen MR) is 108 cm³/mol. The van der Waals surface area contributed by atoms with Crippen LogP contribution in [-0.4, -0.2) is 64.6 Å². The molecule has 3 rings (SSSR count). The van der Waals surface area contributed by atoms with Gasteiger partial charge in [-0.25, -0.2) is 4.79 Å². The Hall–Kier alpha value is -2.97. The van der Waals surface area contributed by atoms with Crippen molar-refractivity contribution in [3.8, 4) is 0 Å². The van der Waals surface area contributed by atoms with Crippen LogP contribution in [0.1, 0.15) is 15.9 Å². The van der Waals surface area contributed by atoms with Gasteiger partial charge >= 0.3 is 5.97 Å². The second-order valence-electron chi connectivity index (χ2n) is 6.86. The molecular weight excluding hydrogens is 358 g/mol. The van der Waals surface area contributed by atoms with E-state index in [1.54, 1.807) is 0 Å². The Kier molecular flexibility index (Phi) is 6.23. The van der Waals surface area contributed by atoms with Crippen LogP contribution in [0.25, 0.3) is 10.9 Å². The number of carboxylic acids is 1. The summed E-state index contributed by atoms with van der Waals surface area (Å²) >= 11 is 0. The molecule has 0 saturated carbocycles. The third-order valence-electron chi connectivity index (χ3n) is 4.34. The van der Waals surface area contributed by atoms with Crippen LogP contribution < -0.4 is 5.32 Å². The molecule has 0 saturated heterocycles. The van der Waals surface area contributed by atoms with Gasteiger partial charge in [-0.15, -0.1) is 0 Å². The van der Waals surface area contributed by atoms with Crippen molar-refractivity contribution >= 4 is 28.4 Å². The molecule has 0 bridgehead atoms. The molecule has 2 heterocycles. The normalized spacial score (nSPS) is 11.3. The largest absolute Gasteiger partial charge is 0.478 e. The van der Waals surface area contributed by atoms with Gasteiger partial charge in [-0.2, -0.15) is 5.10 Å². The fraction of sp³-hybridized carbons (Fsp3) is 0.350. The Morgan fingerprint density at radius 1 is 1.29 bits per heavy atom. The Labute approximate surface area is 163 Å². The van der Waals surface area contributed by atoms with Crippen molar-refractivity contribution in [3.05, 3.63) is 47.8 Å². The van der Waals surface area contributed by atoms with E-state index in [1.165, 1.54) is 18.5 Å². The highest BCUT2D eigenvalue weighted by Gasteiger charge is 2.15. The second-order valence-corrected chi connectivity index (χ2v) is 6.86. The molecular formula is C20H25N5O3. The Morgan fingerprint density at radius 3 is 2.86 bits per heavy atom. The monoisotopic (exact) mass is 383 g/mol. The second kappa shape index (κ2) is 8.81. The SMILES string of the molecule is Cc1ccc2c(c1)c(Nc1cnccc1C(=O)O)nn2CCOCCN(C)C. The number of likely N-dealkylation sites (N-methyl/N-ethyl adjacent to an activating group) is 1. The highest BCUT2D eigenvalue weighted by molar-refractivity contribution is 5.98. The molecule has 0 unspecified atom stereocenters. The molecule has 1 aromatic carbocycles. The summed E-state index contributed by atoms with van der Waals surface area (Å²) in [4.78, 5) is 17.6. The van der Waals surface area contributed by atoms with E-state index in [4.69, 9.17) is 4.74 Å². The van der Waals surface area contributed by atoms with E-state index in [0.29, 0.717) is 31.3 Å². The summed E-state index contributed by atoms with van der Waals surface area (Å²) in [5.41, 5.74) is 2.62. The van der Waals surface area contributed by atoms with E-state index < -0.39 is 5.97 Å². The van der Waals surface area contributed by atoms with Gasteiger partial charge in [0.25, 0.3) is 0 Å². The smallest absolute Gasteiger partial charge is 0.337 e. The topological polar surface area (TPSA) is 92.5 Å². The van der Waals surface area contributed by atoms with Crippen molar-refractivity contribution in [1.29, 1.82) is 0 Å². The molecule has 0 spiro atoms. The van der Waals surface area contributed by atoms with Crippen LogP contribution >= 0.6 is 0 Å². The molecule has 0 aliphatic rings. The predicted octanol–water partition coefficient (Wildman–Crippen LogP) is 2.76. The maximum Gasteiger partial charge on any atom is 0.337 e. The van der Waals surface area contributed by atoms with Gasteiger partial charge in [0.1, 0.15) is 0 Å². The number of hydrogen-bond donors (Lipinski definition) is 2. The number of aromatic nitrogens is 3. The minimum Gasteiger partial charge on any atom is -0.478 e. The van der Waals surface area contributed by atoms with Gasteiger partial charge in [-0.3, -0.25) is 9.67 Å². The summed E-state index contributed by atoms with van der Waals surface area (Å²) in [5, 5.41) is 18.1. The first-order valence-electron chi connectivity index (χ1n) is 9.09. The summed E-state index contributed by atoms with van der Waals surface area (Å²) in [6, 6.07) is 7.55. The van der Waals surface area contributed by atoms with E-state index in [-0.39, 0.29) is 5.56 Å². The number of fused-ring (bicyclic) bond motifs is 1. The van der Waals surface area contributed by atoms with E-state index in [2.05, 4.69) is 20.3 Å². The molecule has 0 radical (unpaired) electrons. The maximum atomic E-state index is 11.5. The Morgan fingerprint density at radius 2 is 2.11 bits per heavy atom. The van der Waals surface area contributed by atoms with Gasteiger partial charge in [-0.1, -0.05) is 11.6 Å². The van der Waals surface area contributed by atoms with E-state index in [1.807, 2.05) is 43.9 Å². The third-order valence-corrected chi connectivity index (χ3v) is 4.34. The number of nitrogens with one attached hydrogen (secondary N) is 1. The van der Waals surface area contributed by atoms with E-state index in [0.717, 1.165) is 23.0 Å². The summed E-state index contributed by atoms with van der Waals surface area (Å²) in [7, 11) is 4.02. The number of anilines is 2.